The molecule has 4 atom stereocenters. The highest BCUT2D eigenvalue weighted by atomic mass is 79.9. The topological polar surface area (TPSA) is 62.9 Å². The van der Waals surface area contributed by atoms with E-state index in [1.807, 2.05) is 0 Å². The summed E-state index contributed by atoms with van der Waals surface area (Å²) in [6, 6.07) is 3.44. The van der Waals surface area contributed by atoms with Crippen molar-refractivity contribution in [2.45, 2.75) is 6.42 Å². The van der Waals surface area contributed by atoms with Crippen molar-refractivity contribution in [1.82, 2.24) is 5.01 Å². The largest absolute Gasteiger partial charge is 0.448 e. The third-order valence-corrected chi connectivity index (χ3v) is 4.77. The van der Waals surface area contributed by atoms with Crippen molar-refractivity contribution in [1.29, 1.82) is 0 Å². The van der Waals surface area contributed by atoms with Crippen molar-refractivity contribution in [2.24, 2.45) is 28.8 Å². The lowest BCUT2D eigenvalue weighted by Crippen LogP contribution is -2.28. The maximum Gasteiger partial charge on any atom is 0.254 e. The SMILES string of the molecule is O=C1[C@@H]2[C@@H](C(=O)N1/N=C\c1ccc(Br)o1)[C@H]1C=C[C@H]2C1. The van der Waals surface area contributed by atoms with Gasteiger partial charge in [-0.2, -0.15) is 10.1 Å². The van der Waals surface area contributed by atoms with Crippen LogP contribution < -0.4 is 0 Å². The van der Waals surface area contributed by atoms with Gasteiger partial charge in [0.05, 0.1) is 18.1 Å². The smallest absolute Gasteiger partial charge is 0.254 e. The molecule has 1 saturated heterocycles. The molecule has 6 heteroatoms. The number of carbonyl (C=O) groups excluding carboxylic acids is 2. The van der Waals surface area contributed by atoms with E-state index >= 15 is 0 Å². The van der Waals surface area contributed by atoms with Gasteiger partial charge in [0.2, 0.25) is 0 Å². The van der Waals surface area contributed by atoms with Gasteiger partial charge in [-0.25, -0.2) is 0 Å². The second kappa shape index (κ2) is 4.15. The molecule has 1 aromatic heterocycles. The summed E-state index contributed by atoms with van der Waals surface area (Å²) in [5, 5.41) is 5.03. The minimum atomic E-state index is -0.210. The fourth-order valence-corrected chi connectivity index (χ4v) is 3.83. The van der Waals surface area contributed by atoms with Crippen LogP contribution in [-0.2, 0) is 9.59 Å². The van der Waals surface area contributed by atoms with E-state index in [1.54, 1.807) is 12.1 Å². The lowest BCUT2D eigenvalue weighted by Gasteiger charge is -2.13. The average Bonchev–Trinajstić information content (AvgIpc) is 3.15. The van der Waals surface area contributed by atoms with Gasteiger partial charge in [0.15, 0.2) is 4.67 Å². The van der Waals surface area contributed by atoms with Crippen molar-refractivity contribution in [3.8, 4) is 0 Å². The number of carbonyl (C=O) groups is 2. The third-order valence-electron chi connectivity index (χ3n) is 4.34. The minimum absolute atomic E-state index is 0.182. The number of imide groups is 1. The van der Waals surface area contributed by atoms with Crippen LogP contribution in [0.15, 0.2) is 38.5 Å². The zero-order valence-corrected chi connectivity index (χ0v) is 12.0. The Hall–Kier alpha value is -1.69. The molecule has 4 rings (SSSR count). The van der Waals surface area contributed by atoms with E-state index in [4.69, 9.17) is 4.42 Å². The van der Waals surface area contributed by atoms with E-state index in [2.05, 4.69) is 33.2 Å². The number of fused-ring (bicyclic) bond motifs is 5. The number of furan rings is 1. The molecule has 5 nitrogen and oxygen atoms in total. The van der Waals surface area contributed by atoms with Crippen LogP contribution in [0, 0.1) is 23.7 Å². The zero-order chi connectivity index (χ0) is 13.9. The second-order valence-corrected chi connectivity index (χ2v) is 6.16. The summed E-state index contributed by atoms with van der Waals surface area (Å²) >= 11 is 3.19. The monoisotopic (exact) mass is 334 g/mol. The number of hydrogen-bond acceptors (Lipinski definition) is 4. The van der Waals surface area contributed by atoms with E-state index in [1.165, 1.54) is 6.21 Å². The normalized spacial score (nSPS) is 34.8. The number of hydrazone groups is 1. The van der Waals surface area contributed by atoms with E-state index in [0.29, 0.717) is 10.4 Å². The molecule has 2 bridgehead atoms. The van der Waals surface area contributed by atoms with Gasteiger partial charge in [-0.3, -0.25) is 9.59 Å². The zero-order valence-electron chi connectivity index (χ0n) is 10.4. The first-order chi connectivity index (χ1) is 9.65. The minimum Gasteiger partial charge on any atom is -0.448 e. The van der Waals surface area contributed by atoms with Crippen LogP contribution in [0.5, 0.6) is 0 Å². The van der Waals surface area contributed by atoms with Gasteiger partial charge in [0, 0.05) is 0 Å². The first-order valence-corrected chi connectivity index (χ1v) is 7.30. The summed E-state index contributed by atoms with van der Waals surface area (Å²) in [6.07, 6.45) is 6.45. The Morgan fingerprint density at radius 3 is 2.40 bits per heavy atom. The van der Waals surface area contributed by atoms with Gasteiger partial charge in [0.25, 0.3) is 11.8 Å². The maximum atomic E-state index is 12.3. The van der Waals surface area contributed by atoms with Crippen LogP contribution in [0.1, 0.15) is 12.2 Å². The first-order valence-electron chi connectivity index (χ1n) is 6.50. The van der Waals surface area contributed by atoms with Gasteiger partial charge < -0.3 is 4.42 Å². The molecule has 1 aliphatic heterocycles. The molecule has 0 unspecified atom stereocenters. The molecule has 0 aromatic carbocycles. The summed E-state index contributed by atoms with van der Waals surface area (Å²) in [6.45, 7) is 0. The second-order valence-electron chi connectivity index (χ2n) is 5.37. The Morgan fingerprint density at radius 1 is 1.20 bits per heavy atom. The van der Waals surface area contributed by atoms with Crippen LogP contribution in [-0.4, -0.2) is 23.0 Å². The number of amides is 2. The number of allylic oxidation sites excluding steroid dienone is 2. The van der Waals surface area contributed by atoms with Crippen molar-refractivity contribution >= 4 is 34.0 Å². The average molecular weight is 335 g/mol. The van der Waals surface area contributed by atoms with Crippen LogP contribution in [0.3, 0.4) is 0 Å². The van der Waals surface area contributed by atoms with Crippen molar-refractivity contribution in [3.05, 3.63) is 34.7 Å². The highest BCUT2D eigenvalue weighted by molar-refractivity contribution is 9.10. The van der Waals surface area contributed by atoms with E-state index in [9.17, 15) is 9.59 Å². The van der Waals surface area contributed by atoms with E-state index in [0.717, 1.165) is 11.4 Å². The summed E-state index contributed by atoms with van der Waals surface area (Å²) in [7, 11) is 0. The molecule has 0 spiro atoms. The highest BCUT2D eigenvalue weighted by Gasteiger charge is 2.59. The molecular formula is C14H11BrN2O3. The number of hydrogen-bond donors (Lipinski definition) is 0. The van der Waals surface area contributed by atoms with Crippen molar-refractivity contribution in [3.63, 3.8) is 0 Å². The highest BCUT2D eigenvalue weighted by Crippen LogP contribution is 2.52. The van der Waals surface area contributed by atoms with E-state index in [-0.39, 0.29) is 35.5 Å². The molecule has 2 heterocycles. The standard InChI is InChI=1S/C14H11BrN2O3/c15-10-4-3-9(20-10)6-16-17-13(18)11-7-1-2-8(5-7)12(11)14(17)19/h1-4,6-8,11-12H,5H2/b16-6-/t7-,8-,11-,12-/m0/s1. The molecule has 3 aliphatic rings. The fraction of sp³-hybridized carbons (Fsp3) is 0.357. The molecule has 2 fully saturated rings. The van der Waals surface area contributed by atoms with Crippen LogP contribution in [0.4, 0.5) is 0 Å². The van der Waals surface area contributed by atoms with Gasteiger partial charge in [-0.1, -0.05) is 12.2 Å². The Labute approximate surface area is 123 Å². The lowest BCUT2D eigenvalue weighted by atomic mass is 9.85. The summed E-state index contributed by atoms with van der Waals surface area (Å²) in [4.78, 5) is 24.7. The molecule has 2 amide bonds. The molecule has 102 valence electrons. The molecular weight excluding hydrogens is 324 g/mol. The molecule has 20 heavy (non-hydrogen) atoms. The Balaban J connectivity index is 1.60. The predicted octanol–water partition coefficient (Wildman–Crippen LogP) is 2.18. The third kappa shape index (κ3) is 1.57. The quantitative estimate of drug-likeness (QED) is 0.473. The lowest BCUT2D eigenvalue weighted by molar-refractivity contribution is -0.140. The number of halogens is 1. The van der Waals surface area contributed by atoms with Gasteiger partial charge in [-0.15, -0.1) is 0 Å². The predicted molar refractivity (Wildman–Crippen MR) is 73.6 cm³/mol. The fourth-order valence-electron chi connectivity index (χ4n) is 3.51. The summed E-state index contributed by atoms with van der Waals surface area (Å²) < 4.78 is 5.85. The van der Waals surface area contributed by atoms with Crippen LogP contribution >= 0.6 is 15.9 Å². The van der Waals surface area contributed by atoms with Gasteiger partial charge in [0.1, 0.15) is 5.76 Å². The number of nitrogens with zero attached hydrogens (tertiary/aromatic N) is 2. The molecule has 0 N–H and O–H groups in total. The molecule has 2 aliphatic carbocycles. The van der Waals surface area contributed by atoms with Crippen molar-refractivity contribution < 1.29 is 14.0 Å². The molecule has 1 saturated carbocycles. The van der Waals surface area contributed by atoms with Gasteiger partial charge in [-0.05, 0) is 46.3 Å². The Bertz CT molecular complexity index is 633. The van der Waals surface area contributed by atoms with Gasteiger partial charge >= 0.3 is 0 Å². The van der Waals surface area contributed by atoms with Crippen molar-refractivity contribution in [2.75, 3.05) is 0 Å². The summed E-state index contributed by atoms with van der Waals surface area (Å²) in [5.74, 6) is 0.128. The molecule has 0 radical (unpaired) electrons. The number of rotatable bonds is 2. The Kier molecular flexibility index (Phi) is 2.51. The summed E-state index contributed by atoms with van der Waals surface area (Å²) in [5.41, 5.74) is 0. The molecule has 1 aromatic rings. The maximum absolute atomic E-state index is 12.3. The van der Waals surface area contributed by atoms with Crippen LogP contribution in [0.2, 0.25) is 0 Å². The first kappa shape index (κ1) is 12.1. The Morgan fingerprint density at radius 2 is 1.85 bits per heavy atom. The van der Waals surface area contributed by atoms with E-state index < -0.39 is 0 Å². The van der Waals surface area contributed by atoms with Crippen LogP contribution in [0.25, 0.3) is 0 Å².